The van der Waals surface area contributed by atoms with Crippen molar-refractivity contribution in [3.8, 4) is 17.1 Å². The summed E-state index contributed by atoms with van der Waals surface area (Å²) in [7, 11) is 1.59. The standard InChI is InChI=1S/C25H26N4O4S/c1-32-18-5-3-4-15(12-18)14-29-24(30)20-11-8-17(13-21(20)26-25(29)31)23-27-22(28-33-23)16-6-9-19(34-2)10-7-16/h3-7,9-10,12,17,20-21H,8,11,13-14H2,1-2H3,(H,26,31). The molecule has 5 rings (SSSR count). The van der Waals surface area contributed by atoms with Gasteiger partial charge in [-0.1, -0.05) is 17.3 Å². The number of imide groups is 1. The minimum Gasteiger partial charge on any atom is -0.497 e. The highest BCUT2D eigenvalue weighted by atomic mass is 32.2. The topological polar surface area (TPSA) is 97.6 Å². The number of aromatic nitrogens is 2. The minimum absolute atomic E-state index is 0.00556. The summed E-state index contributed by atoms with van der Waals surface area (Å²) >= 11 is 1.68. The van der Waals surface area contributed by atoms with Crippen LogP contribution in [0.2, 0.25) is 0 Å². The zero-order chi connectivity index (χ0) is 23.7. The van der Waals surface area contributed by atoms with Crippen LogP contribution in [0.15, 0.2) is 57.9 Å². The van der Waals surface area contributed by atoms with E-state index in [1.807, 2.05) is 54.8 Å². The molecule has 1 N–H and O–H groups in total. The van der Waals surface area contributed by atoms with Crippen molar-refractivity contribution in [2.45, 2.75) is 42.7 Å². The third-order valence-corrected chi connectivity index (χ3v) is 7.35. The van der Waals surface area contributed by atoms with Crippen molar-refractivity contribution < 1.29 is 18.8 Å². The Hall–Kier alpha value is -3.33. The van der Waals surface area contributed by atoms with Crippen LogP contribution in [0.3, 0.4) is 0 Å². The monoisotopic (exact) mass is 478 g/mol. The van der Waals surface area contributed by atoms with Crippen molar-refractivity contribution in [3.05, 3.63) is 60.0 Å². The van der Waals surface area contributed by atoms with Gasteiger partial charge in [-0.3, -0.25) is 9.69 Å². The fraction of sp³-hybridized carbons (Fsp3) is 0.360. The first-order chi connectivity index (χ1) is 16.6. The van der Waals surface area contributed by atoms with E-state index in [4.69, 9.17) is 9.26 Å². The summed E-state index contributed by atoms with van der Waals surface area (Å²) in [6.45, 7) is 0.219. The number of rotatable bonds is 6. The molecular weight excluding hydrogens is 452 g/mol. The van der Waals surface area contributed by atoms with Crippen LogP contribution in [0.1, 0.15) is 36.6 Å². The molecule has 3 amide bonds. The molecule has 3 atom stereocenters. The Morgan fingerprint density at radius 1 is 1.18 bits per heavy atom. The second-order valence-electron chi connectivity index (χ2n) is 8.63. The van der Waals surface area contributed by atoms with Gasteiger partial charge in [0, 0.05) is 22.4 Å². The molecule has 0 bridgehead atoms. The highest BCUT2D eigenvalue weighted by Crippen LogP contribution is 2.38. The molecule has 8 nitrogen and oxygen atoms in total. The van der Waals surface area contributed by atoms with E-state index in [0.29, 0.717) is 30.3 Å². The summed E-state index contributed by atoms with van der Waals surface area (Å²) in [5.41, 5.74) is 1.75. The summed E-state index contributed by atoms with van der Waals surface area (Å²) < 4.78 is 10.8. The zero-order valence-corrected chi connectivity index (χ0v) is 19.9. The average Bonchev–Trinajstić information content (AvgIpc) is 3.37. The molecule has 34 heavy (non-hydrogen) atoms. The van der Waals surface area contributed by atoms with Gasteiger partial charge >= 0.3 is 6.03 Å². The van der Waals surface area contributed by atoms with Gasteiger partial charge in [0.25, 0.3) is 0 Å². The molecule has 1 saturated carbocycles. The van der Waals surface area contributed by atoms with Gasteiger partial charge in [-0.2, -0.15) is 4.98 Å². The van der Waals surface area contributed by atoms with Gasteiger partial charge in [0.15, 0.2) is 0 Å². The Balaban J connectivity index is 1.26. The smallest absolute Gasteiger partial charge is 0.324 e. The number of carbonyl (C=O) groups excluding carboxylic acids is 2. The molecule has 176 valence electrons. The molecule has 1 aromatic heterocycles. The SMILES string of the molecule is COc1cccc(CN2C(=O)NC3CC(c4nc(-c5ccc(SC)cc5)no4)CCC3C2=O)c1. The Morgan fingerprint density at radius 2 is 2.00 bits per heavy atom. The number of nitrogens with zero attached hydrogens (tertiary/aromatic N) is 3. The number of benzene rings is 2. The van der Waals surface area contributed by atoms with Gasteiger partial charge in [0.05, 0.1) is 19.6 Å². The fourth-order valence-corrected chi connectivity index (χ4v) is 5.16. The minimum atomic E-state index is -0.366. The Kier molecular flexibility index (Phi) is 6.28. The van der Waals surface area contributed by atoms with Crippen LogP contribution in [0.25, 0.3) is 11.4 Å². The maximum Gasteiger partial charge on any atom is 0.324 e. The lowest BCUT2D eigenvalue weighted by Gasteiger charge is -2.41. The highest BCUT2D eigenvalue weighted by Gasteiger charge is 2.45. The molecule has 2 heterocycles. The maximum absolute atomic E-state index is 13.2. The lowest BCUT2D eigenvalue weighted by Crippen LogP contribution is -2.60. The first-order valence-corrected chi connectivity index (χ1v) is 12.5. The molecule has 1 aliphatic carbocycles. The van der Waals surface area contributed by atoms with Gasteiger partial charge in [-0.25, -0.2) is 4.79 Å². The number of carbonyl (C=O) groups is 2. The number of amides is 3. The summed E-state index contributed by atoms with van der Waals surface area (Å²) in [4.78, 5) is 33.1. The first kappa shape index (κ1) is 22.5. The lowest BCUT2D eigenvalue weighted by atomic mass is 9.76. The van der Waals surface area contributed by atoms with Crippen LogP contribution in [0.4, 0.5) is 4.79 Å². The average molecular weight is 479 g/mol. The number of methoxy groups -OCH3 is 1. The highest BCUT2D eigenvalue weighted by molar-refractivity contribution is 7.98. The van der Waals surface area contributed by atoms with E-state index in [9.17, 15) is 9.59 Å². The number of hydrogen-bond donors (Lipinski definition) is 1. The molecule has 2 fully saturated rings. The second kappa shape index (κ2) is 9.50. The largest absolute Gasteiger partial charge is 0.497 e. The predicted octanol–water partition coefficient (Wildman–Crippen LogP) is 4.47. The van der Waals surface area contributed by atoms with Gasteiger partial charge in [-0.15, -0.1) is 11.8 Å². The van der Waals surface area contributed by atoms with E-state index in [0.717, 1.165) is 17.5 Å². The zero-order valence-electron chi connectivity index (χ0n) is 19.1. The Labute approximate surface area is 202 Å². The normalized spacial score (nSPS) is 22.3. The second-order valence-corrected chi connectivity index (χ2v) is 9.51. The van der Waals surface area contributed by atoms with E-state index in [-0.39, 0.29) is 36.4 Å². The van der Waals surface area contributed by atoms with Gasteiger partial charge in [-0.05, 0) is 67.5 Å². The van der Waals surface area contributed by atoms with Crippen molar-refractivity contribution in [1.82, 2.24) is 20.4 Å². The maximum atomic E-state index is 13.2. The van der Waals surface area contributed by atoms with Crippen LogP contribution in [-0.4, -0.2) is 46.4 Å². The Bertz CT molecular complexity index is 1200. The number of thioether (sulfide) groups is 1. The van der Waals surface area contributed by atoms with Gasteiger partial charge < -0.3 is 14.6 Å². The third kappa shape index (κ3) is 4.40. The van der Waals surface area contributed by atoms with E-state index in [1.54, 1.807) is 18.9 Å². The summed E-state index contributed by atoms with van der Waals surface area (Å²) in [5.74, 6) is 1.43. The third-order valence-electron chi connectivity index (χ3n) is 6.60. The fourth-order valence-electron chi connectivity index (χ4n) is 4.75. The van der Waals surface area contributed by atoms with Gasteiger partial charge in [0.2, 0.25) is 17.6 Å². The number of hydrogen-bond acceptors (Lipinski definition) is 7. The molecule has 1 saturated heterocycles. The van der Waals surface area contributed by atoms with Crippen molar-refractivity contribution in [3.63, 3.8) is 0 Å². The summed E-state index contributed by atoms with van der Waals surface area (Å²) in [6, 6.07) is 14.8. The lowest BCUT2D eigenvalue weighted by molar-refractivity contribution is -0.137. The van der Waals surface area contributed by atoms with Crippen molar-refractivity contribution in [1.29, 1.82) is 0 Å². The number of fused-ring (bicyclic) bond motifs is 1. The van der Waals surface area contributed by atoms with E-state index < -0.39 is 0 Å². The van der Waals surface area contributed by atoms with Crippen LogP contribution in [-0.2, 0) is 11.3 Å². The van der Waals surface area contributed by atoms with Crippen LogP contribution in [0.5, 0.6) is 5.75 Å². The van der Waals surface area contributed by atoms with Crippen molar-refractivity contribution in [2.75, 3.05) is 13.4 Å². The number of ether oxygens (including phenoxy) is 1. The van der Waals surface area contributed by atoms with Crippen molar-refractivity contribution in [2.24, 2.45) is 5.92 Å². The summed E-state index contributed by atoms with van der Waals surface area (Å²) in [5, 5.41) is 7.20. The molecule has 3 aromatic rings. The molecule has 2 aliphatic rings. The molecule has 2 aromatic carbocycles. The van der Waals surface area contributed by atoms with Crippen molar-refractivity contribution >= 4 is 23.7 Å². The van der Waals surface area contributed by atoms with Crippen LogP contribution < -0.4 is 10.1 Å². The number of nitrogens with one attached hydrogen (secondary N) is 1. The quantitative estimate of drug-likeness (QED) is 0.522. The molecule has 0 radical (unpaired) electrons. The van der Waals surface area contributed by atoms with E-state index >= 15 is 0 Å². The van der Waals surface area contributed by atoms with E-state index in [1.165, 1.54) is 9.80 Å². The molecular formula is C25H26N4O4S. The van der Waals surface area contributed by atoms with Gasteiger partial charge in [0.1, 0.15) is 5.75 Å². The predicted molar refractivity (Wildman–Crippen MR) is 127 cm³/mol. The number of urea groups is 1. The van der Waals surface area contributed by atoms with Crippen LogP contribution in [0, 0.1) is 5.92 Å². The van der Waals surface area contributed by atoms with Crippen LogP contribution >= 0.6 is 11.8 Å². The molecule has 1 aliphatic heterocycles. The molecule has 0 spiro atoms. The molecule has 9 heteroatoms. The molecule has 3 unspecified atom stereocenters. The van der Waals surface area contributed by atoms with E-state index in [2.05, 4.69) is 15.5 Å². The first-order valence-electron chi connectivity index (χ1n) is 11.3. The summed E-state index contributed by atoms with van der Waals surface area (Å²) in [6.07, 6.45) is 4.04. The Morgan fingerprint density at radius 3 is 2.76 bits per heavy atom.